The molecule has 0 bridgehead atoms. The van der Waals surface area contributed by atoms with Crippen LogP contribution < -0.4 is 4.90 Å². The van der Waals surface area contributed by atoms with Crippen LogP contribution in [0.25, 0.3) is 0 Å². The van der Waals surface area contributed by atoms with E-state index < -0.39 is 12.2 Å². The first-order chi connectivity index (χ1) is 7.74. The maximum absolute atomic E-state index is 9.65. The smallest absolute Gasteiger partial charge is 0.208 e. The number of rotatable bonds is 1. The monoisotopic (exact) mass is 241 g/mol. The second-order valence-corrected chi connectivity index (χ2v) is 5.56. The van der Waals surface area contributed by atoms with Gasteiger partial charge in [0.15, 0.2) is 0 Å². The third-order valence-corrected chi connectivity index (χ3v) is 4.48. The molecule has 0 amide bonds. The van der Waals surface area contributed by atoms with Crippen LogP contribution in [0.15, 0.2) is 5.51 Å². The molecule has 6 heteroatoms. The number of aliphatic hydroxyl groups is 2. The average Bonchev–Trinajstić information content (AvgIpc) is 2.86. The molecule has 2 N–H and O–H groups in total. The minimum Gasteiger partial charge on any atom is -0.390 e. The lowest BCUT2D eigenvalue weighted by Gasteiger charge is -2.31. The van der Waals surface area contributed by atoms with Crippen molar-refractivity contribution < 1.29 is 10.2 Å². The molecule has 1 aliphatic heterocycles. The molecule has 4 atom stereocenters. The molecule has 1 saturated heterocycles. The van der Waals surface area contributed by atoms with Crippen LogP contribution in [0.3, 0.4) is 0 Å². The molecule has 2 fully saturated rings. The summed E-state index contributed by atoms with van der Waals surface area (Å²) in [6.07, 6.45) is 0.327. The molecule has 1 aliphatic carbocycles. The minimum absolute atomic E-state index is 0.488. The summed E-state index contributed by atoms with van der Waals surface area (Å²) in [4.78, 5) is 2.22. The van der Waals surface area contributed by atoms with Crippen LogP contribution in [-0.2, 0) is 0 Å². The lowest BCUT2D eigenvalue weighted by molar-refractivity contribution is -0.0372. The topological polar surface area (TPSA) is 69.5 Å². The molecule has 0 spiro atoms. The van der Waals surface area contributed by atoms with Gasteiger partial charge in [0.2, 0.25) is 5.13 Å². The molecule has 0 radical (unpaired) electrons. The number of aliphatic hydroxyl groups excluding tert-OH is 2. The Hall–Kier alpha value is -0.720. The Bertz CT molecular complexity index is 341. The first kappa shape index (κ1) is 10.4. The van der Waals surface area contributed by atoms with Crippen LogP contribution in [0, 0.1) is 11.8 Å². The Morgan fingerprint density at radius 1 is 1.19 bits per heavy atom. The van der Waals surface area contributed by atoms with Gasteiger partial charge in [-0.05, 0) is 24.7 Å². The van der Waals surface area contributed by atoms with E-state index in [0.717, 1.165) is 18.2 Å². The molecule has 0 aromatic carbocycles. The van der Waals surface area contributed by atoms with Gasteiger partial charge < -0.3 is 15.1 Å². The van der Waals surface area contributed by atoms with Crippen LogP contribution in [0.1, 0.15) is 12.8 Å². The van der Waals surface area contributed by atoms with E-state index in [1.165, 1.54) is 0 Å². The van der Waals surface area contributed by atoms with E-state index in [2.05, 4.69) is 15.1 Å². The highest BCUT2D eigenvalue weighted by atomic mass is 32.1. The molecule has 1 saturated carbocycles. The predicted octanol–water partition coefficient (Wildman–Crippen LogP) is 0.106. The number of fused-ring (bicyclic) bond motifs is 1. The average molecular weight is 241 g/mol. The standard InChI is InChI=1S/C10H15N3O2S/c14-8-1-6-3-13(10-12-11-5-16-10)4-7(6)2-9(8)15/h5-9,14-15H,1-4H2/t6-,7+,8-,9-/m1/s1. The van der Waals surface area contributed by atoms with Crippen LogP contribution in [0.2, 0.25) is 0 Å². The molecule has 2 heterocycles. The molecular formula is C10H15N3O2S. The van der Waals surface area contributed by atoms with Crippen molar-refractivity contribution in [1.29, 1.82) is 0 Å². The van der Waals surface area contributed by atoms with Crippen molar-refractivity contribution in [3.05, 3.63) is 5.51 Å². The van der Waals surface area contributed by atoms with Crippen molar-refractivity contribution in [3.63, 3.8) is 0 Å². The fourth-order valence-electron chi connectivity index (χ4n) is 2.87. The summed E-state index contributed by atoms with van der Waals surface area (Å²) < 4.78 is 0. The molecule has 88 valence electrons. The quantitative estimate of drug-likeness (QED) is 0.730. The highest BCUT2D eigenvalue weighted by Crippen LogP contribution is 2.38. The zero-order valence-corrected chi connectivity index (χ0v) is 9.68. The Balaban J connectivity index is 1.72. The Morgan fingerprint density at radius 2 is 1.81 bits per heavy atom. The van der Waals surface area contributed by atoms with E-state index in [0.29, 0.717) is 24.7 Å². The lowest BCUT2D eigenvalue weighted by Crippen LogP contribution is -2.38. The predicted molar refractivity (Wildman–Crippen MR) is 60.3 cm³/mol. The van der Waals surface area contributed by atoms with Gasteiger partial charge in [-0.25, -0.2) is 0 Å². The van der Waals surface area contributed by atoms with E-state index in [1.807, 2.05) is 0 Å². The summed E-state index contributed by atoms with van der Waals surface area (Å²) in [6, 6.07) is 0. The van der Waals surface area contributed by atoms with Crippen LogP contribution in [-0.4, -0.2) is 45.7 Å². The highest BCUT2D eigenvalue weighted by molar-refractivity contribution is 7.13. The molecule has 2 aliphatic rings. The molecule has 1 aromatic rings. The highest BCUT2D eigenvalue weighted by Gasteiger charge is 2.41. The van der Waals surface area contributed by atoms with Crippen molar-refractivity contribution in [2.45, 2.75) is 25.0 Å². The van der Waals surface area contributed by atoms with Gasteiger partial charge in [-0.15, -0.1) is 10.2 Å². The van der Waals surface area contributed by atoms with Crippen LogP contribution in [0.5, 0.6) is 0 Å². The van der Waals surface area contributed by atoms with Crippen LogP contribution in [0.4, 0.5) is 5.13 Å². The molecule has 0 unspecified atom stereocenters. The Kier molecular flexibility index (Phi) is 2.57. The molecule has 5 nitrogen and oxygen atoms in total. The van der Waals surface area contributed by atoms with E-state index in [1.54, 1.807) is 16.8 Å². The zero-order valence-electron chi connectivity index (χ0n) is 8.86. The Labute approximate surface area is 97.7 Å². The van der Waals surface area contributed by atoms with Gasteiger partial charge in [0.25, 0.3) is 0 Å². The van der Waals surface area contributed by atoms with Gasteiger partial charge in [0.05, 0.1) is 12.2 Å². The van der Waals surface area contributed by atoms with Gasteiger partial charge in [0.1, 0.15) is 5.51 Å². The summed E-state index contributed by atoms with van der Waals surface area (Å²) in [6.45, 7) is 1.87. The first-order valence-electron chi connectivity index (χ1n) is 5.61. The summed E-state index contributed by atoms with van der Waals surface area (Å²) in [5.74, 6) is 0.976. The molecular weight excluding hydrogens is 226 g/mol. The largest absolute Gasteiger partial charge is 0.390 e. The normalized spacial score (nSPS) is 38.8. The van der Waals surface area contributed by atoms with Crippen molar-refractivity contribution >= 4 is 16.5 Å². The fraction of sp³-hybridized carbons (Fsp3) is 0.800. The van der Waals surface area contributed by atoms with E-state index in [4.69, 9.17) is 0 Å². The lowest BCUT2D eigenvalue weighted by atomic mass is 9.79. The van der Waals surface area contributed by atoms with Crippen LogP contribution >= 0.6 is 11.3 Å². The second-order valence-electron chi connectivity index (χ2n) is 4.75. The first-order valence-corrected chi connectivity index (χ1v) is 6.49. The van der Waals surface area contributed by atoms with Crippen molar-refractivity contribution in [3.8, 4) is 0 Å². The van der Waals surface area contributed by atoms with E-state index >= 15 is 0 Å². The molecule has 16 heavy (non-hydrogen) atoms. The zero-order chi connectivity index (χ0) is 11.1. The summed E-state index contributed by atoms with van der Waals surface area (Å²) in [5, 5.41) is 28.2. The number of hydrogen-bond acceptors (Lipinski definition) is 6. The number of hydrogen-bond donors (Lipinski definition) is 2. The molecule has 1 aromatic heterocycles. The third-order valence-electron chi connectivity index (χ3n) is 3.73. The van der Waals surface area contributed by atoms with Crippen molar-refractivity contribution in [1.82, 2.24) is 10.2 Å². The van der Waals surface area contributed by atoms with Gasteiger partial charge in [-0.1, -0.05) is 11.3 Å². The second kappa shape index (κ2) is 3.94. The number of anilines is 1. The van der Waals surface area contributed by atoms with Gasteiger partial charge >= 0.3 is 0 Å². The van der Waals surface area contributed by atoms with Gasteiger partial charge in [-0.3, -0.25) is 0 Å². The fourth-order valence-corrected chi connectivity index (χ4v) is 3.45. The van der Waals surface area contributed by atoms with E-state index in [-0.39, 0.29) is 0 Å². The number of nitrogens with zero attached hydrogens (tertiary/aromatic N) is 3. The SMILES string of the molecule is O[C@@H]1C[C@@H]2CN(c3nncs3)C[C@@H]2C[C@H]1O. The minimum atomic E-state index is -0.546. The van der Waals surface area contributed by atoms with E-state index in [9.17, 15) is 10.2 Å². The summed E-state index contributed by atoms with van der Waals surface area (Å²) >= 11 is 1.55. The maximum Gasteiger partial charge on any atom is 0.208 e. The summed E-state index contributed by atoms with van der Waals surface area (Å²) in [5.41, 5.74) is 1.74. The van der Waals surface area contributed by atoms with Crippen molar-refractivity contribution in [2.24, 2.45) is 11.8 Å². The molecule has 3 rings (SSSR count). The number of aromatic nitrogens is 2. The van der Waals surface area contributed by atoms with Gasteiger partial charge in [-0.2, -0.15) is 0 Å². The summed E-state index contributed by atoms with van der Waals surface area (Å²) in [7, 11) is 0. The maximum atomic E-state index is 9.65. The van der Waals surface area contributed by atoms with Crippen molar-refractivity contribution in [2.75, 3.05) is 18.0 Å². The Morgan fingerprint density at radius 3 is 2.31 bits per heavy atom. The third kappa shape index (κ3) is 1.70. The van der Waals surface area contributed by atoms with Gasteiger partial charge in [0, 0.05) is 13.1 Å².